The van der Waals surface area contributed by atoms with Crippen LogP contribution in [0, 0.1) is 6.92 Å². The van der Waals surface area contributed by atoms with Crippen LogP contribution in [0.1, 0.15) is 17.2 Å². The lowest BCUT2D eigenvalue weighted by Crippen LogP contribution is -2.08. The average Bonchev–Trinajstić information content (AvgIpc) is 2.71. The molecule has 1 aromatic carbocycles. The molecule has 1 atom stereocenters. The highest BCUT2D eigenvalue weighted by Gasteiger charge is 2.07. The van der Waals surface area contributed by atoms with Crippen molar-refractivity contribution >= 4 is 0 Å². The predicted molar refractivity (Wildman–Crippen MR) is 58.4 cm³/mol. The molecule has 1 heterocycles. The smallest absolute Gasteiger partial charge is 0.0985 e. The van der Waals surface area contributed by atoms with E-state index in [9.17, 15) is 5.11 Å². The Morgan fingerprint density at radius 1 is 1.33 bits per heavy atom. The first-order valence-electron chi connectivity index (χ1n) is 4.98. The topological polar surface area (TPSA) is 38.0 Å². The van der Waals surface area contributed by atoms with Crippen LogP contribution < -0.4 is 0 Å². The molecule has 1 N–H and O–H groups in total. The van der Waals surface area contributed by atoms with E-state index in [1.165, 1.54) is 5.56 Å². The van der Waals surface area contributed by atoms with Crippen molar-refractivity contribution < 1.29 is 5.11 Å². The van der Waals surface area contributed by atoms with Gasteiger partial charge in [-0.1, -0.05) is 29.8 Å². The lowest BCUT2D eigenvalue weighted by atomic mass is 10.1. The van der Waals surface area contributed by atoms with Gasteiger partial charge < -0.3 is 5.11 Å². The van der Waals surface area contributed by atoms with Gasteiger partial charge in [-0.3, -0.25) is 4.68 Å². The standard InChI is InChI=1S/C12H14N2O/c1-10-3-5-11(6-4-10)12(15)9-14-8-2-7-13-14/h2-8,12,15H,9H2,1H3/t12-/m0/s1. The van der Waals surface area contributed by atoms with Gasteiger partial charge in [0.05, 0.1) is 12.6 Å². The van der Waals surface area contributed by atoms with Gasteiger partial charge in [-0.2, -0.15) is 5.10 Å². The largest absolute Gasteiger partial charge is 0.386 e. The predicted octanol–water partition coefficient (Wildman–Crippen LogP) is 1.93. The minimum atomic E-state index is -0.495. The summed E-state index contributed by atoms with van der Waals surface area (Å²) in [5.74, 6) is 0. The Morgan fingerprint density at radius 2 is 2.07 bits per heavy atom. The van der Waals surface area contributed by atoms with Crippen LogP contribution in [0.2, 0.25) is 0 Å². The fraction of sp³-hybridized carbons (Fsp3) is 0.250. The first-order chi connectivity index (χ1) is 7.25. The van der Waals surface area contributed by atoms with Crippen molar-refractivity contribution in [3.63, 3.8) is 0 Å². The van der Waals surface area contributed by atoms with E-state index in [0.717, 1.165) is 5.56 Å². The average molecular weight is 202 g/mol. The summed E-state index contributed by atoms with van der Waals surface area (Å²) in [6.07, 6.45) is 3.06. The minimum Gasteiger partial charge on any atom is -0.386 e. The number of rotatable bonds is 3. The molecule has 0 saturated carbocycles. The van der Waals surface area contributed by atoms with Crippen molar-refractivity contribution in [2.75, 3.05) is 0 Å². The Hall–Kier alpha value is -1.61. The number of hydrogen-bond donors (Lipinski definition) is 1. The molecule has 1 aromatic heterocycles. The Morgan fingerprint density at radius 3 is 2.67 bits per heavy atom. The second-order valence-corrected chi connectivity index (χ2v) is 3.65. The maximum Gasteiger partial charge on any atom is 0.0985 e. The van der Waals surface area contributed by atoms with Crippen LogP contribution in [0.5, 0.6) is 0 Å². The van der Waals surface area contributed by atoms with E-state index in [1.54, 1.807) is 10.9 Å². The molecule has 15 heavy (non-hydrogen) atoms. The van der Waals surface area contributed by atoms with Crippen LogP contribution in [-0.4, -0.2) is 14.9 Å². The number of aliphatic hydroxyl groups excluding tert-OH is 1. The molecule has 0 fully saturated rings. The molecule has 3 heteroatoms. The third kappa shape index (κ3) is 2.44. The lowest BCUT2D eigenvalue weighted by molar-refractivity contribution is 0.151. The summed E-state index contributed by atoms with van der Waals surface area (Å²) in [4.78, 5) is 0. The molecule has 0 aliphatic rings. The third-order valence-corrected chi connectivity index (χ3v) is 2.38. The van der Waals surface area contributed by atoms with Crippen LogP contribution in [0.3, 0.4) is 0 Å². The van der Waals surface area contributed by atoms with Crippen LogP contribution in [0.25, 0.3) is 0 Å². The van der Waals surface area contributed by atoms with Crippen LogP contribution >= 0.6 is 0 Å². The van der Waals surface area contributed by atoms with Gasteiger partial charge in [-0.15, -0.1) is 0 Å². The zero-order chi connectivity index (χ0) is 10.7. The molecule has 78 valence electrons. The van der Waals surface area contributed by atoms with Gasteiger partial charge in [-0.05, 0) is 18.6 Å². The maximum atomic E-state index is 9.92. The van der Waals surface area contributed by atoms with Gasteiger partial charge in [0, 0.05) is 12.4 Å². The SMILES string of the molecule is Cc1ccc([C@@H](O)Cn2cccn2)cc1. The van der Waals surface area contributed by atoms with Crippen molar-refractivity contribution in [1.29, 1.82) is 0 Å². The first-order valence-corrected chi connectivity index (χ1v) is 4.98. The molecule has 0 bridgehead atoms. The fourth-order valence-electron chi connectivity index (χ4n) is 1.48. The number of nitrogens with zero attached hydrogens (tertiary/aromatic N) is 2. The van der Waals surface area contributed by atoms with Gasteiger partial charge in [0.25, 0.3) is 0 Å². The summed E-state index contributed by atoms with van der Waals surface area (Å²) >= 11 is 0. The van der Waals surface area contributed by atoms with E-state index in [-0.39, 0.29) is 0 Å². The molecule has 2 aromatic rings. The summed E-state index contributed by atoms with van der Waals surface area (Å²) in [6, 6.07) is 9.75. The second-order valence-electron chi connectivity index (χ2n) is 3.65. The molecule has 0 saturated heterocycles. The Balaban J connectivity index is 2.08. The fourth-order valence-corrected chi connectivity index (χ4v) is 1.48. The van der Waals surface area contributed by atoms with E-state index >= 15 is 0 Å². The number of aromatic nitrogens is 2. The molecular weight excluding hydrogens is 188 g/mol. The van der Waals surface area contributed by atoms with E-state index in [2.05, 4.69) is 5.10 Å². The molecule has 0 aliphatic carbocycles. The van der Waals surface area contributed by atoms with E-state index in [4.69, 9.17) is 0 Å². The third-order valence-electron chi connectivity index (χ3n) is 2.38. The molecule has 0 amide bonds. The summed E-state index contributed by atoms with van der Waals surface area (Å²) in [7, 11) is 0. The normalized spacial score (nSPS) is 12.7. The van der Waals surface area contributed by atoms with Crippen molar-refractivity contribution in [1.82, 2.24) is 9.78 Å². The van der Waals surface area contributed by atoms with E-state index in [1.807, 2.05) is 43.5 Å². The molecule has 0 spiro atoms. The summed E-state index contributed by atoms with van der Waals surface area (Å²) in [6.45, 7) is 2.53. The number of aliphatic hydroxyl groups is 1. The van der Waals surface area contributed by atoms with Crippen molar-refractivity contribution in [2.24, 2.45) is 0 Å². The van der Waals surface area contributed by atoms with Crippen molar-refractivity contribution in [3.05, 3.63) is 53.9 Å². The van der Waals surface area contributed by atoms with Crippen molar-refractivity contribution in [3.8, 4) is 0 Å². The van der Waals surface area contributed by atoms with Gasteiger partial charge in [0.2, 0.25) is 0 Å². The Bertz CT molecular complexity index is 406. The highest BCUT2D eigenvalue weighted by molar-refractivity contribution is 5.22. The molecule has 0 aliphatic heterocycles. The lowest BCUT2D eigenvalue weighted by Gasteiger charge is -2.11. The monoisotopic (exact) mass is 202 g/mol. The molecular formula is C12H14N2O. The number of benzene rings is 1. The Labute approximate surface area is 89.0 Å². The minimum absolute atomic E-state index is 0.495. The van der Waals surface area contributed by atoms with E-state index < -0.39 is 6.10 Å². The van der Waals surface area contributed by atoms with Gasteiger partial charge in [0.1, 0.15) is 0 Å². The Kier molecular flexibility index (Phi) is 2.83. The summed E-state index contributed by atoms with van der Waals surface area (Å²) in [5, 5.41) is 14.0. The quantitative estimate of drug-likeness (QED) is 0.825. The molecule has 0 radical (unpaired) electrons. The zero-order valence-corrected chi connectivity index (χ0v) is 8.67. The van der Waals surface area contributed by atoms with Crippen LogP contribution in [0.15, 0.2) is 42.7 Å². The second kappa shape index (κ2) is 4.28. The van der Waals surface area contributed by atoms with E-state index in [0.29, 0.717) is 6.54 Å². The summed E-state index contributed by atoms with van der Waals surface area (Å²) < 4.78 is 1.73. The van der Waals surface area contributed by atoms with Crippen molar-refractivity contribution in [2.45, 2.75) is 19.6 Å². The molecule has 0 unspecified atom stereocenters. The maximum absolute atomic E-state index is 9.92. The number of hydrogen-bond acceptors (Lipinski definition) is 2. The van der Waals surface area contributed by atoms with Crippen LogP contribution in [-0.2, 0) is 6.54 Å². The van der Waals surface area contributed by atoms with Crippen LogP contribution in [0.4, 0.5) is 0 Å². The number of aryl methyl sites for hydroxylation is 1. The highest BCUT2D eigenvalue weighted by atomic mass is 16.3. The molecule has 3 nitrogen and oxygen atoms in total. The molecule has 2 rings (SSSR count). The van der Waals surface area contributed by atoms with Gasteiger partial charge in [-0.25, -0.2) is 0 Å². The first kappa shape index (κ1) is 9.93. The zero-order valence-electron chi connectivity index (χ0n) is 8.67. The van der Waals surface area contributed by atoms with Gasteiger partial charge in [0.15, 0.2) is 0 Å². The van der Waals surface area contributed by atoms with Gasteiger partial charge >= 0.3 is 0 Å². The highest BCUT2D eigenvalue weighted by Crippen LogP contribution is 2.15. The summed E-state index contributed by atoms with van der Waals surface area (Å²) in [5.41, 5.74) is 2.13.